The second-order valence-electron chi connectivity index (χ2n) is 7.07. The lowest BCUT2D eigenvalue weighted by atomic mass is 10.1. The van der Waals surface area contributed by atoms with Crippen molar-refractivity contribution in [1.29, 1.82) is 0 Å². The van der Waals surface area contributed by atoms with Crippen molar-refractivity contribution in [2.24, 2.45) is 0 Å². The molecule has 4 rings (SSSR count). The maximum atomic E-state index is 12.6. The number of likely N-dealkylation sites (tertiary alicyclic amines) is 1. The van der Waals surface area contributed by atoms with Gasteiger partial charge in [-0.3, -0.25) is 9.78 Å². The number of amides is 1. The van der Waals surface area contributed by atoms with E-state index in [1.54, 1.807) is 12.4 Å². The van der Waals surface area contributed by atoms with Crippen LogP contribution < -0.4 is 4.74 Å². The molecule has 1 fully saturated rings. The number of benzene rings is 2. The van der Waals surface area contributed by atoms with E-state index in [1.807, 2.05) is 65.6 Å². The number of carbonyl (C=O) groups excluding carboxylic acids is 1. The van der Waals surface area contributed by atoms with E-state index in [0.29, 0.717) is 6.61 Å². The maximum absolute atomic E-state index is 12.6. The highest BCUT2D eigenvalue weighted by Crippen LogP contribution is 2.29. The summed E-state index contributed by atoms with van der Waals surface area (Å²) in [5.41, 5.74) is 3.91. The van der Waals surface area contributed by atoms with E-state index in [0.717, 1.165) is 53.9 Å². The zero-order valence-electron chi connectivity index (χ0n) is 15.9. The van der Waals surface area contributed by atoms with E-state index in [1.165, 1.54) is 6.42 Å². The molecule has 2 aromatic carbocycles. The van der Waals surface area contributed by atoms with Gasteiger partial charge in [0, 0.05) is 36.6 Å². The SMILES string of the molecule is O=C(c1ccc(COc2ccccc2-c2ccncc2)cc1)N1CCCCC1. The van der Waals surface area contributed by atoms with Gasteiger partial charge in [-0.15, -0.1) is 0 Å². The van der Waals surface area contributed by atoms with Gasteiger partial charge in [0.2, 0.25) is 0 Å². The first-order chi connectivity index (χ1) is 13.8. The Bertz CT molecular complexity index is 917. The lowest BCUT2D eigenvalue weighted by molar-refractivity contribution is 0.0724. The van der Waals surface area contributed by atoms with E-state index in [-0.39, 0.29) is 5.91 Å². The minimum atomic E-state index is 0.134. The summed E-state index contributed by atoms with van der Waals surface area (Å²) in [5, 5.41) is 0. The van der Waals surface area contributed by atoms with E-state index in [9.17, 15) is 4.79 Å². The van der Waals surface area contributed by atoms with Crippen LogP contribution in [0.2, 0.25) is 0 Å². The molecular weight excluding hydrogens is 348 g/mol. The highest BCUT2D eigenvalue weighted by atomic mass is 16.5. The van der Waals surface area contributed by atoms with Crippen LogP contribution in [-0.2, 0) is 6.61 Å². The maximum Gasteiger partial charge on any atom is 0.253 e. The van der Waals surface area contributed by atoms with E-state index >= 15 is 0 Å². The minimum Gasteiger partial charge on any atom is -0.488 e. The molecule has 0 aliphatic carbocycles. The van der Waals surface area contributed by atoms with Crippen LogP contribution in [0.4, 0.5) is 0 Å². The van der Waals surface area contributed by atoms with Crippen LogP contribution >= 0.6 is 0 Å². The molecule has 1 aromatic heterocycles. The highest BCUT2D eigenvalue weighted by molar-refractivity contribution is 5.94. The van der Waals surface area contributed by atoms with Crippen molar-refractivity contribution in [2.75, 3.05) is 13.1 Å². The number of hydrogen-bond acceptors (Lipinski definition) is 3. The average molecular weight is 372 g/mol. The number of aromatic nitrogens is 1. The first kappa shape index (κ1) is 18.2. The zero-order valence-corrected chi connectivity index (χ0v) is 15.9. The topological polar surface area (TPSA) is 42.4 Å². The molecule has 0 radical (unpaired) electrons. The Morgan fingerprint density at radius 3 is 2.36 bits per heavy atom. The molecule has 142 valence electrons. The number of hydrogen-bond donors (Lipinski definition) is 0. The van der Waals surface area contributed by atoms with Crippen molar-refractivity contribution in [3.63, 3.8) is 0 Å². The fourth-order valence-electron chi connectivity index (χ4n) is 3.55. The third-order valence-electron chi connectivity index (χ3n) is 5.12. The summed E-state index contributed by atoms with van der Waals surface area (Å²) in [4.78, 5) is 18.6. The lowest BCUT2D eigenvalue weighted by Gasteiger charge is -2.26. The summed E-state index contributed by atoms with van der Waals surface area (Å²) in [6.45, 7) is 2.20. The number of carbonyl (C=O) groups is 1. The molecule has 4 nitrogen and oxygen atoms in total. The predicted octanol–water partition coefficient (Wildman–Crippen LogP) is 4.95. The van der Waals surface area contributed by atoms with Gasteiger partial charge in [-0.05, 0) is 60.7 Å². The summed E-state index contributed by atoms with van der Waals surface area (Å²) in [7, 11) is 0. The number of piperidine rings is 1. The second kappa shape index (κ2) is 8.70. The Hall–Kier alpha value is -3.14. The van der Waals surface area contributed by atoms with Gasteiger partial charge in [0.15, 0.2) is 0 Å². The molecule has 4 heteroatoms. The van der Waals surface area contributed by atoms with Crippen molar-refractivity contribution in [1.82, 2.24) is 9.88 Å². The Balaban J connectivity index is 1.43. The molecular formula is C24H24N2O2. The van der Waals surface area contributed by atoms with Crippen LogP contribution in [0, 0.1) is 0 Å². The first-order valence-corrected chi connectivity index (χ1v) is 9.82. The van der Waals surface area contributed by atoms with Crippen LogP contribution in [-0.4, -0.2) is 28.9 Å². The molecule has 0 saturated carbocycles. The summed E-state index contributed by atoms with van der Waals surface area (Å²) in [5.74, 6) is 0.970. The summed E-state index contributed by atoms with van der Waals surface area (Å²) >= 11 is 0. The molecule has 3 aromatic rings. The Labute approximate surface area is 165 Å². The van der Waals surface area contributed by atoms with Gasteiger partial charge in [-0.25, -0.2) is 0 Å². The molecule has 1 aliphatic rings. The van der Waals surface area contributed by atoms with Gasteiger partial charge in [0.05, 0.1) is 0 Å². The number of rotatable bonds is 5. The third-order valence-corrected chi connectivity index (χ3v) is 5.12. The monoisotopic (exact) mass is 372 g/mol. The largest absolute Gasteiger partial charge is 0.488 e. The van der Waals surface area contributed by atoms with E-state index in [2.05, 4.69) is 4.98 Å². The Kier molecular flexibility index (Phi) is 5.66. The number of nitrogens with zero attached hydrogens (tertiary/aromatic N) is 2. The second-order valence-corrected chi connectivity index (χ2v) is 7.07. The van der Waals surface area contributed by atoms with Crippen molar-refractivity contribution in [3.8, 4) is 16.9 Å². The number of para-hydroxylation sites is 1. The average Bonchev–Trinajstić information content (AvgIpc) is 2.79. The van der Waals surface area contributed by atoms with E-state index < -0.39 is 0 Å². The third kappa shape index (κ3) is 4.22. The standard InChI is InChI=1S/C24H24N2O2/c27-24(26-16-4-1-5-17-26)21-10-8-19(9-11-21)18-28-23-7-3-2-6-22(23)20-12-14-25-15-13-20/h2-3,6-15H,1,4-5,16-18H2. The molecule has 1 amide bonds. The summed E-state index contributed by atoms with van der Waals surface area (Å²) in [6.07, 6.45) is 7.00. The first-order valence-electron chi connectivity index (χ1n) is 9.82. The fraction of sp³-hybridized carbons (Fsp3) is 0.250. The van der Waals surface area contributed by atoms with Gasteiger partial charge in [-0.2, -0.15) is 0 Å². The molecule has 2 heterocycles. The predicted molar refractivity (Wildman–Crippen MR) is 110 cm³/mol. The van der Waals surface area contributed by atoms with Gasteiger partial charge in [-0.1, -0.05) is 30.3 Å². The van der Waals surface area contributed by atoms with Crippen molar-refractivity contribution >= 4 is 5.91 Å². The molecule has 1 saturated heterocycles. The van der Waals surface area contributed by atoms with Crippen molar-refractivity contribution in [2.45, 2.75) is 25.9 Å². The normalized spacial score (nSPS) is 13.9. The fourth-order valence-corrected chi connectivity index (χ4v) is 3.55. The molecule has 1 aliphatic heterocycles. The molecule has 0 atom stereocenters. The summed E-state index contributed by atoms with van der Waals surface area (Å²) in [6, 6.07) is 19.7. The summed E-state index contributed by atoms with van der Waals surface area (Å²) < 4.78 is 6.08. The van der Waals surface area contributed by atoms with Crippen LogP contribution in [0.3, 0.4) is 0 Å². The molecule has 0 unspecified atom stereocenters. The zero-order chi connectivity index (χ0) is 19.2. The van der Waals surface area contributed by atoms with Gasteiger partial charge < -0.3 is 9.64 Å². The smallest absolute Gasteiger partial charge is 0.253 e. The Morgan fingerprint density at radius 2 is 1.61 bits per heavy atom. The molecule has 0 spiro atoms. The molecule has 0 N–H and O–H groups in total. The number of ether oxygens (including phenoxy) is 1. The van der Waals surface area contributed by atoms with Gasteiger partial charge in [0.25, 0.3) is 5.91 Å². The van der Waals surface area contributed by atoms with Crippen molar-refractivity contribution in [3.05, 3.63) is 84.2 Å². The quantitative estimate of drug-likeness (QED) is 0.636. The molecule has 0 bridgehead atoms. The van der Waals surface area contributed by atoms with Crippen LogP contribution in [0.1, 0.15) is 35.2 Å². The Morgan fingerprint density at radius 1 is 0.893 bits per heavy atom. The van der Waals surface area contributed by atoms with Crippen molar-refractivity contribution < 1.29 is 9.53 Å². The van der Waals surface area contributed by atoms with Gasteiger partial charge in [0.1, 0.15) is 12.4 Å². The van der Waals surface area contributed by atoms with Crippen LogP contribution in [0.25, 0.3) is 11.1 Å². The highest BCUT2D eigenvalue weighted by Gasteiger charge is 2.17. The van der Waals surface area contributed by atoms with Crippen LogP contribution in [0.15, 0.2) is 73.1 Å². The number of pyridine rings is 1. The van der Waals surface area contributed by atoms with Gasteiger partial charge >= 0.3 is 0 Å². The lowest BCUT2D eigenvalue weighted by Crippen LogP contribution is -2.35. The van der Waals surface area contributed by atoms with Crippen LogP contribution in [0.5, 0.6) is 5.75 Å². The van der Waals surface area contributed by atoms with E-state index in [4.69, 9.17) is 4.74 Å². The molecule has 28 heavy (non-hydrogen) atoms. The minimum absolute atomic E-state index is 0.134.